The Labute approximate surface area is 94.0 Å². The van der Waals surface area contributed by atoms with Gasteiger partial charge in [-0.25, -0.2) is 4.39 Å². The minimum Gasteiger partial charge on any atom is -0.488 e. The molecule has 0 saturated carbocycles. The number of hydrogen-bond donors (Lipinski definition) is 2. The molecule has 4 nitrogen and oxygen atoms in total. The summed E-state index contributed by atoms with van der Waals surface area (Å²) in [5.74, 6) is -1.77. The van der Waals surface area contributed by atoms with Crippen molar-refractivity contribution in [3.8, 4) is 5.75 Å². The maximum Gasteiger partial charge on any atom is 0.324 e. The zero-order valence-electron chi connectivity index (χ0n) is 7.61. The molecule has 6 heteroatoms. The van der Waals surface area contributed by atoms with Crippen molar-refractivity contribution in [1.29, 1.82) is 0 Å². The highest BCUT2D eigenvalue weighted by atomic mass is 79.9. The Morgan fingerprint density at radius 3 is 2.87 bits per heavy atom. The van der Waals surface area contributed by atoms with Crippen LogP contribution >= 0.6 is 15.9 Å². The smallest absolute Gasteiger partial charge is 0.324 e. The quantitative estimate of drug-likeness (QED) is 0.872. The van der Waals surface area contributed by atoms with E-state index in [1.807, 2.05) is 0 Å². The molecule has 0 aliphatic heterocycles. The van der Waals surface area contributed by atoms with Crippen molar-refractivity contribution in [1.82, 2.24) is 0 Å². The zero-order valence-corrected chi connectivity index (χ0v) is 9.20. The topological polar surface area (TPSA) is 72.5 Å². The second-order valence-corrected chi connectivity index (χ2v) is 3.75. The first kappa shape index (κ1) is 11.9. The lowest BCUT2D eigenvalue weighted by Gasteiger charge is -2.09. The van der Waals surface area contributed by atoms with Gasteiger partial charge in [-0.2, -0.15) is 0 Å². The van der Waals surface area contributed by atoms with Gasteiger partial charge in [0.15, 0.2) is 11.6 Å². The number of nitrogens with two attached hydrogens (primary N) is 1. The number of carboxylic acid groups (broad SMARTS) is 1. The molecular weight excluding hydrogens is 269 g/mol. The number of hydrogen-bond acceptors (Lipinski definition) is 3. The van der Waals surface area contributed by atoms with Gasteiger partial charge in [-0.1, -0.05) is 15.9 Å². The molecule has 0 amide bonds. The lowest BCUT2D eigenvalue weighted by molar-refractivity contribution is -0.139. The summed E-state index contributed by atoms with van der Waals surface area (Å²) >= 11 is 3.09. The fourth-order valence-corrected chi connectivity index (χ4v) is 1.18. The Morgan fingerprint density at radius 2 is 2.33 bits per heavy atom. The van der Waals surface area contributed by atoms with E-state index in [0.717, 1.165) is 0 Å². The summed E-state index contributed by atoms with van der Waals surface area (Å²) in [5.41, 5.74) is 5.19. The van der Waals surface area contributed by atoms with Gasteiger partial charge in [0.05, 0.1) is 0 Å². The van der Waals surface area contributed by atoms with Crippen molar-refractivity contribution >= 4 is 21.9 Å². The van der Waals surface area contributed by atoms with Gasteiger partial charge in [0.25, 0.3) is 0 Å². The Kier molecular flexibility index (Phi) is 4.05. The van der Waals surface area contributed by atoms with Crippen molar-refractivity contribution < 1.29 is 19.0 Å². The van der Waals surface area contributed by atoms with E-state index in [1.165, 1.54) is 12.1 Å². The van der Waals surface area contributed by atoms with E-state index in [0.29, 0.717) is 4.47 Å². The molecule has 1 atom stereocenters. The highest BCUT2D eigenvalue weighted by molar-refractivity contribution is 9.10. The van der Waals surface area contributed by atoms with Gasteiger partial charge in [0.1, 0.15) is 12.6 Å². The van der Waals surface area contributed by atoms with Crippen LogP contribution in [-0.4, -0.2) is 23.7 Å². The number of halogens is 2. The number of carboxylic acids is 1. The highest BCUT2D eigenvalue weighted by Crippen LogP contribution is 2.21. The molecule has 0 heterocycles. The second-order valence-electron chi connectivity index (χ2n) is 2.83. The Bertz CT molecular complexity index is 372. The van der Waals surface area contributed by atoms with Gasteiger partial charge in [-0.05, 0) is 18.2 Å². The Hall–Kier alpha value is -1.14. The highest BCUT2D eigenvalue weighted by Gasteiger charge is 2.13. The number of benzene rings is 1. The first-order valence-corrected chi connectivity index (χ1v) is 4.86. The average Bonchev–Trinajstić information content (AvgIpc) is 2.15. The summed E-state index contributed by atoms with van der Waals surface area (Å²) < 4.78 is 18.7. The molecule has 1 rings (SSSR count). The van der Waals surface area contributed by atoms with E-state index in [1.54, 1.807) is 6.07 Å². The number of carbonyl (C=O) groups is 1. The maximum absolute atomic E-state index is 13.2. The molecular formula is C9H9BrFNO3. The minimum absolute atomic E-state index is 0.0186. The second kappa shape index (κ2) is 5.09. The molecule has 0 saturated heterocycles. The van der Waals surface area contributed by atoms with E-state index in [-0.39, 0.29) is 12.4 Å². The minimum atomic E-state index is -1.19. The Morgan fingerprint density at radius 1 is 1.67 bits per heavy atom. The summed E-state index contributed by atoms with van der Waals surface area (Å²) in [6.45, 7) is -0.270. The van der Waals surface area contributed by atoms with Crippen LogP contribution in [0.4, 0.5) is 4.39 Å². The Balaban J connectivity index is 2.62. The van der Waals surface area contributed by atoms with Gasteiger partial charge in [0.2, 0.25) is 0 Å². The molecule has 0 bridgehead atoms. The molecule has 3 N–H and O–H groups in total. The van der Waals surface area contributed by atoms with Crippen LogP contribution in [0, 0.1) is 5.82 Å². The lowest BCUT2D eigenvalue weighted by atomic mass is 10.3. The summed E-state index contributed by atoms with van der Waals surface area (Å²) in [6.07, 6.45) is 0. The fourth-order valence-electron chi connectivity index (χ4n) is 0.843. The van der Waals surface area contributed by atoms with E-state index in [4.69, 9.17) is 15.6 Å². The van der Waals surface area contributed by atoms with Gasteiger partial charge >= 0.3 is 5.97 Å². The van der Waals surface area contributed by atoms with Crippen LogP contribution in [-0.2, 0) is 4.79 Å². The predicted octanol–water partition coefficient (Wildman–Crippen LogP) is 1.38. The third kappa shape index (κ3) is 3.49. The predicted molar refractivity (Wildman–Crippen MR) is 55.2 cm³/mol. The van der Waals surface area contributed by atoms with Crippen molar-refractivity contribution in [2.75, 3.05) is 6.61 Å². The van der Waals surface area contributed by atoms with Crippen LogP contribution in [0.15, 0.2) is 22.7 Å². The summed E-state index contributed by atoms with van der Waals surface area (Å²) in [7, 11) is 0. The monoisotopic (exact) mass is 277 g/mol. The molecule has 0 fully saturated rings. The molecule has 82 valence electrons. The number of rotatable bonds is 4. The van der Waals surface area contributed by atoms with Gasteiger partial charge < -0.3 is 15.6 Å². The van der Waals surface area contributed by atoms with Crippen LogP contribution in [0.5, 0.6) is 5.75 Å². The van der Waals surface area contributed by atoms with Gasteiger partial charge in [-0.3, -0.25) is 4.79 Å². The van der Waals surface area contributed by atoms with Crippen LogP contribution in [0.1, 0.15) is 0 Å². The van der Waals surface area contributed by atoms with Crippen LogP contribution in [0.25, 0.3) is 0 Å². The lowest BCUT2D eigenvalue weighted by Crippen LogP contribution is -2.36. The molecule has 0 aromatic heterocycles. The maximum atomic E-state index is 13.2. The average molecular weight is 278 g/mol. The van der Waals surface area contributed by atoms with Crippen LogP contribution in [0.3, 0.4) is 0 Å². The van der Waals surface area contributed by atoms with Gasteiger partial charge in [-0.15, -0.1) is 0 Å². The number of aliphatic carboxylic acids is 1. The first-order chi connectivity index (χ1) is 7.00. The standard InChI is InChI=1S/C9H9BrFNO3/c10-5-1-2-8(6(11)3-5)15-4-7(12)9(13)14/h1-3,7H,4,12H2,(H,13,14). The van der Waals surface area contributed by atoms with E-state index in [2.05, 4.69) is 15.9 Å². The van der Waals surface area contributed by atoms with Crippen molar-refractivity contribution in [3.63, 3.8) is 0 Å². The normalized spacial score (nSPS) is 12.2. The molecule has 1 unspecified atom stereocenters. The third-order valence-corrected chi connectivity index (χ3v) is 2.12. The summed E-state index contributed by atoms with van der Waals surface area (Å²) in [6, 6.07) is 3.05. The molecule has 15 heavy (non-hydrogen) atoms. The molecule has 1 aromatic carbocycles. The molecule has 0 spiro atoms. The molecule has 0 aliphatic rings. The van der Waals surface area contributed by atoms with Crippen LogP contribution < -0.4 is 10.5 Å². The summed E-state index contributed by atoms with van der Waals surface area (Å²) in [5, 5.41) is 8.47. The van der Waals surface area contributed by atoms with E-state index in [9.17, 15) is 9.18 Å². The summed E-state index contributed by atoms with van der Waals surface area (Å²) in [4.78, 5) is 10.4. The molecule has 1 aromatic rings. The van der Waals surface area contributed by atoms with Crippen molar-refractivity contribution in [2.45, 2.75) is 6.04 Å². The van der Waals surface area contributed by atoms with E-state index >= 15 is 0 Å². The zero-order chi connectivity index (χ0) is 11.4. The van der Waals surface area contributed by atoms with Crippen LogP contribution in [0.2, 0.25) is 0 Å². The van der Waals surface area contributed by atoms with Gasteiger partial charge in [0, 0.05) is 4.47 Å². The van der Waals surface area contributed by atoms with Crippen molar-refractivity contribution in [2.24, 2.45) is 5.73 Å². The fraction of sp³-hybridized carbons (Fsp3) is 0.222. The molecule has 0 aliphatic carbocycles. The SMILES string of the molecule is NC(COc1ccc(Br)cc1F)C(=O)O. The largest absolute Gasteiger partial charge is 0.488 e. The number of ether oxygens (including phenoxy) is 1. The third-order valence-electron chi connectivity index (χ3n) is 1.63. The van der Waals surface area contributed by atoms with Crippen molar-refractivity contribution in [3.05, 3.63) is 28.5 Å². The first-order valence-electron chi connectivity index (χ1n) is 4.07. The molecule has 0 radical (unpaired) electrons. The van der Waals surface area contributed by atoms with E-state index < -0.39 is 17.8 Å².